The zero-order valence-corrected chi connectivity index (χ0v) is 13.5. The zero-order valence-electron chi connectivity index (χ0n) is 12.6. The smallest absolute Gasteiger partial charge is 0.259 e. The summed E-state index contributed by atoms with van der Waals surface area (Å²) in [4.78, 5) is 25.6. The fourth-order valence-corrected chi connectivity index (χ4v) is 3.36. The summed E-state index contributed by atoms with van der Waals surface area (Å²) < 4.78 is 0. The molecule has 116 valence electrons. The molecule has 5 heteroatoms. The van der Waals surface area contributed by atoms with Crippen molar-refractivity contribution in [2.75, 3.05) is 0 Å². The average molecular weight is 331 g/mol. The van der Waals surface area contributed by atoms with Gasteiger partial charge in [-0.05, 0) is 35.9 Å². The summed E-state index contributed by atoms with van der Waals surface area (Å²) in [5, 5.41) is 0.546. The van der Waals surface area contributed by atoms with Crippen molar-refractivity contribution in [3.63, 3.8) is 0 Å². The number of nitrogens with zero attached hydrogens (tertiary/aromatic N) is 2. The molecule has 0 unspecified atom stereocenters. The normalized spacial score (nSPS) is 11.3. The molecule has 0 bridgehead atoms. The maximum absolute atomic E-state index is 12.0. The number of nitrogens with one attached hydrogen (secondary N) is 1. The van der Waals surface area contributed by atoms with E-state index in [-0.39, 0.29) is 5.56 Å². The second-order valence-electron chi connectivity index (χ2n) is 5.25. The van der Waals surface area contributed by atoms with Gasteiger partial charge in [0.25, 0.3) is 5.56 Å². The number of aromatic nitrogens is 3. The maximum Gasteiger partial charge on any atom is 0.259 e. The van der Waals surface area contributed by atoms with Crippen LogP contribution < -0.4 is 5.56 Å². The summed E-state index contributed by atoms with van der Waals surface area (Å²) in [6.07, 6.45) is 6.96. The van der Waals surface area contributed by atoms with Crippen LogP contribution in [-0.4, -0.2) is 15.0 Å². The van der Waals surface area contributed by atoms with E-state index in [1.54, 1.807) is 29.8 Å². The van der Waals surface area contributed by atoms with E-state index in [4.69, 9.17) is 0 Å². The van der Waals surface area contributed by atoms with Crippen molar-refractivity contribution in [2.45, 2.75) is 0 Å². The summed E-state index contributed by atoms with van der Waals surface area (Å²) in [6, 6.07) is 16.1. The molecule has 0 amide bonds. The van der Waals surface area contributed by atoms with Gasteiger partial charge in [-0.15, -0.1) is 11.3 Å². The Morgan fingerprint density at radius 3 is 2.75 bits per heavy atom. The SMILES string of the molecule is O=c1[nH]c(C=Cc2ccc(-c3ccccc3)s2)nc2cnccc12. The van der Waals surface area contributed by atoms with E-state index in [2.05, 4.69) is 39.2 Å². The van der Waals surface area contributed by atoms with Crippen LogP contribution in [0.15, 0.2) is 65.7 Å². The van der Waals surface area contributed by atoms with E-state index < -0.39 is 0 Å². The van der Waals surface area contributed by atoms with Gasteiger partial charge in [0.2, 0.25) is 0 Å². The van der Waals surface area contributed by atoms with Crippen molar-refractivity contribution >= 4 is 34.4 Å². The molecule has 4 rings (SSSR count). The molecule has 0 saturated carbocycles. The van der Waals surface area contributed by atoms with Crippen molar-refractivity contribution in [3.05, 3.63) is 82.0 Å². The van der Waals surface area contributed by atoms with Crippen LogP contribution in [0.3, 0.4) is 0 Å². The van der Waals surface area contributed by atoms with E-state index in [0.717, 1.165) is 4.88 Å². The Bertz CT molecular complexity index is 1080. The fourth-order valence-electron chi connectivity index (χ4n) is 2.45. The minimum absolute atomic E-state index is 0.154. The molecule has 1 N–H and O–H groups in total. The second-order valence-corrected chi connectivity index (χ2v) is 6.36. The van der Waals surface area contributed by atoms with Crippen LogP contribution in [0.4, 0.5) is 0 Å². The van der Waals surface area contributed by atoms with Crippen LogP contribution in [0.2, 0.25) is 0 Å². The zero-order chi connectivity index (χ0) is 16.4. The highest BCUT2D eigenvalue weighted by Gasteiger charge is 2.03. The first-order valence-corrected chi connectivity index (χ1v) is 8.29. The Morgan fingerprint density at radius 2 is 1.88 bits per heavy atom. The molecule has 4 aromatic rings. The minimum Gasteiger partial charge on any atom is -0.306 e. The van der Waals surface area contributed by atoms with Crippen LogP contribution >= 0.6 is 11.3 Å². The largest absolute Gasteiger partial charge is 0.306 e. The number of pyridine rings is 1. The number of rotatable bonds is 3. The van der Waals surface area contributed by atoms with Gasteiger partial charge < -0.3 is 4.98 Å². The first kappa shape index (κ1) is 14.5. The van der Waals surface area contributed by atoms with Gasteiger partial charge in [0.05, 0.1) is 17.1 Å². The van der Waals surface area contributed by atoms with Crippen molar-refractivity contribution in [1.82, 2.24) is 15.0 Å². The van der Waals surface area contributed by atoms with Gasteiger partial charge in [-0.25, -0.2) is 4.98 Å². The Kier molecular flexibility index (Phi) is 3.76. The van der Waals surface area contributed by atoms with Crippen LogP contribution in [0.25, 0.3) is 33.5 Å². The van der Waals surface area contributed by atoms with Gasteiger partial charge in [-0.2, -0.15) is 0 Å². The summed E-state index contributed by atoms with van der Waals surface area (Å²) in [7, 11) is 0. The van der Waals surface area contributed by atoms with Crippen molar-refractivity contribution in [3.8, 4) is 10.4 Å². The molecule has 0 saturated heterocycles. The molecule has 0 radical (unpaired) electrons. The van der Waals surface area contributed by atoms with E-state index in [0.29, 0.717) is 16.7 Å². The van der Waals surface area contributed by atoms with Gasteiger partial charge in [0.1, 0.15) is 5.82 Å². The Labute approximate surface area is 142 Å². The highest BCUT2D eigenvalue weighted by molar-refractivity contribution is 7.16. The van der Waals surface area contributed by atoms with Gasteiger partial charge >= 0.3 is 0 Å². The average Bonchev–Trinajstić information content (AvgIpc) is 3.10. The standard InChI is InChI=1S/C19H13N3OS/c23-19-15-10-11-20-12-16(15)21-18(22-19)9-7-14-6-8-17(24-14)13-4-2-1-3-5-13/h1-12H,(H,21,22,23). The molecule has 1 aromatic carbocycles. The van der Waals surface area contributed by atoms with Crippen molar-refractivity contribution in [2.24, 2.45) is 0 Å². The quantitative estimate of drug-likeness (QED) is 0.611. The Morgan fingerprint density at radius 1 is 1.00 bits per heavy atom. The van der Waals surface area contributed by atoms with E-state index >= 15 is 0 Å². The number of fused-ring (bicyclic) bond motifs is 1. The topological polar surface area (TPSA) is 58.6 Å². The van der Waals surface area contributed by atoms with Crippen molar-refractivity contribution < 1.29 is 0 Å². The van der Waals surface area contributed by atoms with Crippen LogP contribution in [-0.2, 0) is 0 Å². The van der Waals surface area contributed by atoms with E-state index in [1.807, 2.05) is 30.4 Å². The van der Waals surface area contributed by atoms with Gasteiger partial charge in [0, 0.05) is 16.0 Å². The molecule has 0 aliphatic carbocycles. The summed E-state index contributed by atoms with van der Waals surface area (Å²) in [5.74, 6) is 0.523. The molecule has 4 nitrogen and oxygen atoms in total. The molecule has 0 aliphatic heterocycles. The summed E-state index contributed by atoms with van der Waals surface area (Å²) in [5.41, 5.74) is 1.64. The molecular weight excluding hydrogens is 318 g/mol. The highest BCUT2D eigenvalue weighted by atomic mass is 32.1. The van der Waals surface area contributed by atoms with E-state index in [9.17, 15) is 4.79 Å². The first-order chi connectivity index (χ1) is 11.8. The lowest BCUT2D eigenvalue weighted by Gasteiger charge is -1.97. The number of H-pyrrole nitrogens is 1. The van der Waals surface area contributed by atoms with Crippen molar-refractivity contribution in [1.29, 1.82) is 0 Å². The monoisotopic (exact) mass is 331 g/mol. The predicted molar refractivity (Wildman–Crippen MR) is 98.8 cm³/mol. The third-order valence-corrected chi connectivity index (χ3v) is 4.72. The summed E-state index contributed by atoms with van der Waals surface area (Å²) in [6.45, 7) is 0. The molecule has 0 aliphatic rings. The summed E-state index contributed by atoms with van der Waals surface area (Å²) >= 11 is 1.69. The van der Waals surface area contributed by atoms with Crippen LogP contribution in [0, 0.1) is 0 Å². The van der Waals surface area contributed by atoms with Crippen LogP contribution in [0.5, 0.6) is 0 Å². The Hall–Kier alpha value is -3.05. The van der Waals surface area contributed by atoms with E-state index in [1.165, 1.54) is 10.4 Å². The van der Waals surface area contributed by atoms with Gasteiger partial charge in [-0.3, -0.25) is 9.78 Å². The lowest BCUT2D eigenvalue weighted by atomic mass is 10.2. The van der Waals surface area contributed by atoms with Crippen LogP contribution in [0.1, 0.15) is 10.7 Å². The molecule has 24 heavy (non-hydrogen) atoms. The Balaban J connectivity index is 1.64. The van der Waals surface area contributed by atoms with Gasteiger partial charge in [-0.1, -0.05) is 30.3 Å². The molecule has 0 fully saturated rings. The lowest BCUT2D eigenvalue weighted by Crippen LogP contribution is -2.09. The third kappa shape index (κ3) is 2.89. The fraction of sp³-hybridized carbons (Fsp3) is 0. The predicted octanol–water partition coefficient (Wildman–Crippen LogP) is 4.22. The first-order valence-electron chi connectivity index (χ1n) is 7.47. The third-order valence-electron chi connectivity index (χ3n) is 3.62. The maximum atomic E-state index is 12.0. The second kappa shape index (κ2) is 6.22. The molecule has 0 spiro atoms. The number of hydrogen-bond donors (Lipinski definition) is 1. The molecule has 3 aromatic heterocycles. The minimum atomic E-state index is -0.154. The number of thiophene rings is 1. The van der Waals surface area contributed by atoms with Gasteiger partial charge in [0.15, 0.2) is 0 Å². The number of benzene rings is 1. The molecular formula is C19H13N3OS. The lowest BCUT2D eigenvalue weighted by molar-refractivity contribution is 1.13. The number of aromatic amines is 1. The number of hydrogen-bond acceptors (Lipinski definition) is 4. The molecule has 3 heterocycles. The highest BCUT2D eigenvalue weighted by Crippen LogP contribution is 2.28. The molecule has 0 atom stereocenters.